The van der Waals surface area contributed by atoms with E-state index in [9.17, 15) is 9.18 Å². The van der Waals surface area contributed by atoms with E-state index in [2.05, 4.69) is 17.5 Å². The van der Waals surface area contributed by atoms with E-state index in [1.807, 2.05) is 24.3 Å². The number of hydrazone groups is 1. The largest absolute Gasteiger partial charge is 0.481 e. The molecule has 0 unspecified atom stereocenters. The van der Waals surface area contributed by atoms with E-state index in [4.69, 9.17) is 4.74 Å². The predicted octanol–water partition coefficient (Wildman–Crippen LogP) is 2.92. The molecular weight excluding hydrogens is 283 g/mol. The SMILES string of the molecule is CCc1ccc(/C=N\NC(=O)COc2ccccc2F)cc1. The zero-order valence-corrected chi connectivity index (χ0v) is 12.3. The van der Waals surface area contributed by atoms with Gasteiger partial charge in [0.05, 0.1) is 6.21 Å². The summed E-state index contributed by atoms with van der Waals surface area (Å²) in [5.41, 5.74) is 4.45. The minimum atomic E-state index is -0.505. The Labute approximate surface area is 128 Å². The van der Waals surface area contributed by atoms with Gasteiger partial charge in [0.25, 0.3) is 5.91 Å². The lowest BCUT2D eigenvalue weighted by Gasteiger charge is -2.05. The molecule has 0 aromatic heterocycles. The Balaban J connectivity index is 1.79. The van der Waals surface area contributed by atoms with Crippen molar-refractivity contribution in [1.82, 2.24) is 5.43 Å². The number of aryl methyl sites for hydroxylation is 1. The number of nitrogens with zero attached hydrogens (tertiary/aromatic N) is 1. The molecule has 0 bridgehead atoms. The number of hydrogen-bond donors (Lipinski definition) is 1. The van der Waals surface area contributed by atoms with Crippen molar-refractivity contribution in [2.24, 2.45) is 5.10 Å². The van der Waals surface area contributed by atoms with E-state index in [0.29, 0.717) is 0 Å². The number of halogens is 1. The predicted molar refractivity (Wildman–Crippen MR) is 83.5 cm³/mol. The molecule has 2 aromatic rings. The fourth-order valence-electron chi connectivity index (χ4n) is 1.76. The maximum atomic E-state index is 13.3. The summed E-state index contributed by atoms with van der Waals surface area (Å²) in [6.07, 6.45) is 2.52. The fourth-order valence-corrected chi connectivity index (χ4v) is 1.76. The lowest BCUT2D eigenvalue weighted by Crippen LogP contribution is -2.24. The number of ether oxygens (including phenoxy) is 1. The summed E-state index contributed by atoms with van der Waals surface area (Å²) in [6, 6.07) is 13.8. The number of hydrogen-bond acceptors (Lipinski definition) is 3. The van der Waals surface area contributed by atoms with Crippen LogP contribution in [-0.2, 0) is 11.2 Å². The molecule has 22 heavy (non-hydrogen) atoms. The molecular formula is C17H17FN2O2. The smallest absolute Gasteiger partial charge is 0.277 e. The van der Waals surface area contributed by atoms with Crippen LogP contribution in [0.15, 0.2) is 53.6 Å². The van der Waals surface area contributed by atoms with Crippen LogP contribution in [0.1, 0.15) is 18.1 Å². The molecule has 0 aliphatic heterocycles. The highest BCUT2D eigenvalue weighted by Gasteiger charge is 2.05. The van der Waals surface area contributed by atoms with Gasteiger partial charge in [-0.25, -0.2) is 9.82 Å². The highest BCUT2D eigenvalue weighted by molar-refractivity contribution is 5.82. The summed E-state index contributed by atoms with van der Waals surface area (Å²) < 4.78 is 18.4. The van der Waals surface area contributed by atoms with Gasteiger partial charge in [0.1, 0.15) is 0 Å². The van der Waals surface area contributed by atoms with Gasteiger partial charge < -0.3 is 4.74 Å². The Kier molecular flexibility index (Phi) is 5.65. The first-order valence-electron chi connectivity index (χ1n) is 6.97. The first-order valence-corrected chi connectivity index (χ1v) is 6.97. The normalized spacial score (nSPS) is 10.6. The summed E-state index contributed by atoms with van der Waals surface area (Å²) in [5.74, 6) is -0.920. The lowest BCUT2D eigenvalue weighted by atomic mass is 10.1. The maximum absolute atomic E-state index is 13.3. The van der Waals surface area contributed by atoms with Gasteiger partial charge >= 0.3 is 0 Å². The van der Waals surface area contributed by atoms with Gasteiger partial charge in [0, 0.05) is 0 Å². The Morgan fingerprint density at radius 2 is 1.95 bits per heavy atom. The van der Waals surface area contributed by atoms with Gasteiger partial charge in [-0.1, -0.05) is 43.3 Å². The molecule has 5 heteroatoms. The van der Waals surface area contributed by atoms with E-state index in [1.54, 1.807) is 18.3 Å². The van der Waals surface area contributed by atoms with Gasteiger partial charge in [-0.05, 0) is 29.7 Å². The van der Waals surface area contributed by atoms with Crippen LogP contribution in [0.2, 0.25) is 0 Å². The molecule has 114 valence electrons. The molecule has 0 heterocycles. The van der Waals surface area contributed by atoms with Gasteiger partial charge in [-0.2, -0.15) is 5.10 Å². The first kappa shape index (κ1) is 15.7. The minimum absolute atomic E-state index is 0.0387. The van der Waals surface area contributed by atoms with Gasteiger partial charge in [0.2, 0.25) is 0 Å². The molecule has 2 rings (SSSR count). The number of carbonyl (C=O) groups is 1. The average molecular weight is 300 g/mol. The van der Waals surface area contributed by atoms with Crippen LogP contribution >= 0.6 is 0 Å². The third-order valence-electron chi connectivity index (χ3n) is 2.99. The van der Waals surface area contributed by atoms with Crippen LogP contribution in [-0.4, -0.2) is 18.7 Å². The minimum Gasteiger partial charge on any atom is -0.481 e. The van der Waals surface area contributed by atoms with Crippen molar-refractivity contribution in [2.75, 3.05) is 6.61 Å². The molecule has 0 saturated heterocycles. The number of rotatable bonds is 6. The van der Waals surface area contributed by atoms with Crippen LogP contribution < -0.4 is 10.2 Å². The van der Waals surface area contributed by atoms with Crippen LogP contribution in [0.5, 0.6) is 5.75 Å². The Bertz CT molecular complexity index is 654. The summed E-state index contributed by atoms with van der Waals surface area (Å²) in [5, 5.41) is 3.83. The third-order valence-corrected chi connectivity index (χ3v) is 2.99. The Morgan fingerprint density at radius 1 is 1.23 bits per heavy atom. The quantitative estimate of drug-likeness (QED) is 0.659. The molecule has 2 aromatic carbocycles. The molecule has 1 amide bonds. The van der Waals surface area contributed by atoms with Crippen molar-refractivity contribution in [1.29, 1.82) is 0 Å². The monoisotopic (exact) mass is 300 g/mol. The van der Waals surface area contributed by atoms with Crippen molar-refractivity contribution in [3.8, 4) is 5.75 Å². The second kappa shape index (κ2) is 7.93. The topological polar surface area (TPSA) is 50.7 Å². The maximum Gasteiger partial charge on any atom is 0.277 e. The summed E-state index contributed by atoms with van der Waals surface area (Å²) in [7, 11) is 0. The lowest BCUT2D eigenvalue weighted by molar-refractivity contribution is -0.123. The van der Waals surface area contributed by atoms with Crippen molar-refractivity contribution < 1.29 is 13.9 Å². The molecule has 0 saturated carbocycles. The van der Waals surface area contributed by atoms with Crippen molar-refractivity contribution in [2.45, 2.75) is 13.3 Å². The van der Waals surface area contributed by atoms with Gasteiger partial charge in [-0.3, -0.25) is 4.79 Å². The number of carbonyl (C=O) groups excluding carboxylic acids is 1. The van der Waals surface area contributed by atoms with Crippen LogP contribution in [0.25, 0.3) is 0 Å². The highest BCUT2D eigenvalue weighted by atomic mass is 19.1. The standard InChI is InChI=1S/C17H17FN2O2/c1-2-13-7-9-14(10-8-13)11-19-20-17(21)12-22-16-6-4-3-5-15(16)18/h3-11H,2,12H2,1H3,(H,20,21)/b19-11-. The van der Waals surface area contributed by atoms with Gasteiger partial charge in [0.15, 0.2) is 18.2 Å². The zero-order chi connectivity index (χ0) is 15.8. The molecule has 4 nitrogen and oxygen atoms in total. The molecule has 0 spiro atoms. The highest BCUT2D eigenvalue weighted by Crippen LogP contribution is 2.14. The van der Waals surface area contributed by atoms with Crippen LogP contribution in [0.4, 0.5) is 4.39 Å². The number of para-hydroxylation sites is 1. The van der Waals surface area contributed by atoms with Crippen molar-refractivity contribution in [3.63, 3.8) is 0 Å². The molecule has 0 atom stereocenters. The Hall–Kier alpha value is -2.69. The molecule has 0 aliphatic carbocycles. The van der Waals surface area contributed by atoms with Crippen LogP contribution in [0.3, 0.4) is 0 Å². The number of nitrogens with one attached hydrogen (secondary N) is 1. The summed E-state index contributed by atoms with van der Waals surface area (Å²) >= 11 is 0. The fraction of sp³-hybridized carbons (Fsp3) is 0.176. The van der Waals surface area contributed by atoms with E-state index in [0.717, 1.165) is 12.0 Å². The van der Waals surface area contributed by atoms with E-state index in [1.165, 1.54) is 17.7 Å². The average Bonchev–Trinajstić information content (AvgIpc) is 2.55. The van der Waals surface area contributed by atoms with Gasteiger partial charge in [-0.15, -0.1) is 0 Å². The summed E-state index contributed by atoms with van der Waals surface area (Å²) in [4.78, 5) is 11.5. The Morgan fingerprint density at radius 3 is 2.64 bits per heavy atom. The third kappa shape index (κ3) is 4.70. The number of amides is 1. The molecule has 0 aliphatic rings. The molecule has 0 fully saturated rings. The van der Waals surface area contributed by atoms with E-state index >= 15 is 0 Å². The second-order valence-electron chi connectivity index (χ2n) is 4.61. The summed E-state index contributed by atoms with van der Waals surface area (Å²) in [6.45, 7) is 1.78. The van der Waals surface area contributed by atoms with Crippen molar-refractivity contribution >= 4 is 12.1 Å². The first-order chi connectivity index (χ1) is 10.7. The molecule has 1 N–H and O–H groups in total. The van der Waals surface area contributed by atoms with E-state index in [-0.39, 0.29) is 12.4 Å². The zero-order valence-electron chi connectivity index (χ0n) is 12.3. The van der Waals surface area contributed by atoms with Crippen molar-refractivity contribution in [3.05, 3.63) is 65.5 Å². The number of benzene rings is 2. The van der Waals surface area contributed by atoms with Crippen LogP contribution in [0, 0.1) is 5.82 Å². The second-order valence-corrected chi connectivity index (χ2v) is 4.61. The molecule has 0 radical (unpaired) electrons. The van der Waals surface area contributed by atoms with E-state index < -0.39 is 11.7 Å².